The number of aliphatic hydroxyl groups is 1. The van der Waals surface area contributed by atoms with E-state index >= 15 is 0 Å². The number of hydrogen-bond acceptors (Lipinski definition) is 2. The van der Waals surface area contributed by atoms with E-state index in [4.69, 9.17) is 4.43 Å². The van der Waals surface area contributed by atoms with Crippen LogP contribution >= 0.6 is 0 Å². The van der Waals surface area contributed by atoms with Gasteiger partial charge >= 0.3 is 0 Å². The molecular formula is C22H38O2Si. The van der Waals surface area contributed by atoms with Gasteiger partial charge in [-0.1, -0.05) is 45.4 Å². The summed E-state index contributed by atoms with van der Waals surface area (Å²) in [4.78, 5) is 0. The molecule has 0 saturated heterocycles. The molecule has 2 nitrogen and oxygen atoms in total. The van der Waals surface area contributed by atoms with Crippen LogP contribution in [0.3, 0.4) is 0 Å². The van der Waals surface area contributed by atoms with Crippen molar-refractivity contribution in [3.05, 3.63) is 24.8 Å². The average molecular weight is 363 g/mol. The third-order valence-electron chi connectivity index (χ3n) is 8.33. The second kappa shape index (κ2) is 6.35. The quantitative estimate of drug-likeness (QED) is 0.465. The van der Waals surface area contributed by atoms with Crippen LogP contribution in [0.15, 0.2) is 24.8 Å². The zero-order valence-electron chi connectivity index (χ0n) is 17.0. The molecule has 0 aliphatic heterocycles. The highest BCUT2D eigenvalue weighted by atomic mass is 28.4. The standard InChI is InChI=1S/C22H38O2Si/c1-7-8-10-19(23)22-14-9-13-21(22,17-11-12-18(22)15-17)16-24-25(5,6)20(2,3)4/h7,11-12,17-19,23H,1,8-10,13-16H2,2-6H3/t17-,18+,19-,21-,22-/m0/s1. The molecule has 142 valence electrons. The van der Waals surface area contributed by atoms with Crippen LogP contribution in [0, 0.1) is 22.7 Å². The van der Waals surface area contributed by atoms with Crippen molar-refractivity contribution in [2.24, 2.45) is 22.7 Å². The van der Waals surface area contributed by atoms with Gasteiger partial charge in [0, 0.05) is 17.4 Å². The lowest BCUT2D eigenvalue weighted by Gasteiger charge is -2.51. The highest BCUT2D eigenvalue weighted by Gasteiger charge is 2.69. The maximum Gasteiger partial charge on any atom is 0.192 e. The molecule has 2 bridgehead atoms. The molecule has 0 aromatic heterocycles. The minimum absolute atomic E-state index is 0.0395. The zero-order chi connectivity index (χ0) is 18.5. The Morgan fingerprint density at radius 2 is 1.96 bits per heavy atom. The van der Waals surface area contributed by atoms with Crippen molar-refractivity contribution in [2.45, 2.75) is 83.5 Å². The Kier molecular flexibility index (Phi) is 4.92. The Morgan fingerprint density at radius 1 is 1.28 bits per heavy atom. The third kappa shape index (κ3) is 2.73. The van der Waals surface area contributed by atoms with Gasteiger partial charge in [0.25, 0.3) is 0 Å². The first-order valence-corrected chi connectivity index (χ1v) is 13.1. The van der Waals surface area contributed by atoms with Crippen molar-refractivity contribution in [2.75, 3.05) is 6.61 Å². The summed E-state index contributed by atoms with van der Waals surface area (Å²) >= 11 is 0. The average Bonchev–Trinajstić information content (AvgIpc) is 3.20. The van der Waals surface area contributed by atoms with E-state index in [1.54, 1.807) is 0 Å². The van der Waals surface area contributed by atoms with Crippen LogP contribution in [0.1, 0.15) is 59.3 Å². The molecule has 0 aromatic rings. The third-order valence-corrected chi connectivity index (χ3v) is 12.8. The first kappa shape index (κ1) is 19.4. The van der Waals surface area contributed by atoms with Crippen LogP contribution in [0.4, 0.5) is 0 Å². The molecule has 0 amide bonds. The molecular weight excluding hydrogens is 324 g/mol. The fraction of sp³-hybridized carbons (Fsp3) is 0.818. The van der Waals surface area contributed by atoms with Crippen LogP contribution < -0.4 is 0 Å². The lowest BCUT2D eigenvalue weighted by Crippen LogP contribution is -2.54. The van der Waals surface area contributed by atoms with Crippen LogP contribution in [-0.4, -0.2) is 26.1 Å². The zero-order valence-corrected chi connectivity index (χ0v) is 18.0. The SMILES string of the molecule is C=CCC[C@H](O)[C@@]12CCC[C@]1(CO[Si](C)(C)C(C)(C)C)[C@H]1C=C[C@@H]2C1. The molecule has 3 aliphatic rings. The van der Waals surface area contributed by atoms with Gasteiger partial charge in [-0.15, -0.1) is 6.58 Å². The van der Waals surface area contributed by atoms with E-state index in [2.05, 4.69) is 52.6 Å². The molecule has 0 heterocycles. The Labute approximate surface area is 155 Å². The van der Waals surface area contributed by atoms with Gasteiger partial charge in [0.05, 0.1) is 6.10 Å². The van der Waals surface area contributed by atoms with Crippen molar-refractivity contribution in [3.63, 3.8) is 0 Å². The van der Waals surface area contributed by atoms with Gasteiger partial charge < -0.3 is 9.53 Å². The highest BCUT2D eigenvalue weighted by Crippen LogP contribution is 2.73. The summed E-state index contributed by atoms with van der Waals surface area (Å²) in [5, 5.41) is 11.5. The van der Waals surface area contributed by atoms with Crippen molar-refractivity contribution in [1.29, 1.82) is 0 Å². The molecule has 3 heteroatoms. The monoisotopic (exact) mass is 362 g/mol. The molecule has 25 heavy (non-hydrogen) atoms. The molecule has 5 atom stereocenters. The van der Waals surface area contributed by atoms with E-state index in [1.807, 2.05) is 6.08 Å². The second-order valence-corrected chi connectivity index (χ2v) is 15.1. The first-order chi connectivity index (χ1) is 11.6. The predicted octanol–water partition coefficient (Wildman–Crippen LogP) is 5.70. The van der Waals surface area contributed by atoms with Gasteiger partial charge in [0.2, 0.25) is 0 Å². The van der Waals surface area contributed by atoms with Gasteiger partial charge in [-0.05, 0) is 62.1 Å². The van der Waals surface area contributed by atoms with Crippen LogP contribution in [0.5, 0.6) is 0 Å². The maximum absolute atomic E-state index is 11.3. The van der Waals surface area contributed by atoms with Gasteiger partial charge in [0.15, 0.2) is 8.32 Å². The van der Waals surface area contributed by atoms with Crippen molar-refractivity contribution in [1.82, 2.24) is 0 Å². The van der Waals surface area contributed by atoms with E-state index in [-0.39, 0.29) is 22.0 Å². The van der Waals surface area contributed by atoms with Crippen LogP contribution in [-0.2, 0) is 4.43 Å². The largest absolute Gasteiger partial charge is 0.416 e. The molecule has 0 spiro atoms. The van der Waals surface area contributed by atoms with Gasteiger partial charge in [0.1, 0.15) is 0 Å². The summed E-state index contributed by atoms with van der Waals surface area (Å²) in [6, 6.07) is 0. The fourth-order valence-corrected chi connectivity index (χ4v) is 6.92. The van der Waals surface area contributed by atoms with E-state index in [0.29, 0.717) is 11.8 Å². The Bertz CT molecular complexity index is 547. The molecule has 0 radical (unpaired) electrons. The summed E-state index contributed by atoms with van der Waals surface area (Å²) in [6.07, 6.45) is 13.2. The Balaban J connectivity index is 1.89. The predicted molar refractivity (Wildman–Crippen MR) is 108 cm³/mol. The van der Waals surface area contributed by atoms with E-state index in [1.165, 1.54) is 19.3 Å². The minimum atomic E-state index is -1.78. The summed E-state index contributed by atoms with van der Waals surface area (Å²) in [6.45, 7) is 16.4. The van der Waals surface area contributed by atoms with Crippen molar-refractivity contribution < 1.29 is 9.53 Å². The maximum atomic E-state index is 11.3. The van der Waals surface area contributed by atoms with Gasteiger partial charge in [-0.3, -0.25) is 0 Å². The molecule has 1 N–H and O–H groups in total. The van der Waals surface area contributed by atoms with Crippen LogP contribution in [0.2, 0.25) is 18.1 Å². The molecule has 2 saturated carbocycles. The Morgan fingerprint density at radius 3 is 2.60 bits per heavy atom. The number of allylic oxidation sites excluding steroid dienone is 3. The second-order valence-electron chi connectivity index (χ2n) is 10.3. The van der Waals surface area contributed by atoms with Gasteiger partial charge in [-0.25, -0.2) is 0 Å². The molecule has 3 rings (SSSR count). The molecule has 0 unspecified atom stereocenters. The summed E-state index contributed by atoms with van der Waals surface area (Å²) < 4.78 is 6.79. The normalized spacial score (nSPS) is 38.2. The molecule has 3 aliphatic carbocycles. The summed E-state index contributed by atoms with van der Waals surface area (Å²) in [5.74, 6) is 1.14. The topological polar surface area (TPSA) is 29.5 Å². The lowest BCUT2D eigenvalue weighted by molar-refractivity contribution is -0.0905. The molecule has 2 fully saturated rings. The number of fused-ring (bicyclic) bond motifs is 5. The smallest absolute Gasteiger partial charge is 0.192 e. The van der Waals surface area contributed by atoms with E-state index < -0.39 is 8.32 Å². The van der Waals surface area contributed by atoms with Crippen LogP contribution in [0.25, 0.3) is 0 Å². The molecule has 0 aromatic carbocycles. The highest BCUT2D eigenvalue weighted by molar-refractivity contribution is 6.74. The van der Waals surface area contributed by atoms with Crippen molar-refractivity contribution in [3.8, 4) is 0 Å². The van der Waals surface area contributed by atoms with E-state index in [0.717, 1.165) is 25.9 Å². The minimum Gasteiger partial charge on any atom is -0.416 e. The number of hydrogen-bond donors (Lipinski definition) is 1. The number of aliphatic hydroxyl groups excluding tert-OH is 1. The number of rotatable bonds is 7. The Hall–Kier alpha value is -0.383. The summed E-state index contributed by atoms with van der Waals surface area (Å²) in [5.41, 5.74) is 0.195. The van der Waals surface area contributed by atoms with Gasteiger partial charge in [-0.2, -0.15) is 0 Å². The summed E-state index contributed by atoms with van der Waals surface area (Å²) in [7, 11) is -1.78. The van der Waals surface area contributed by atoms with E-state index in [9.17, 15) is 5.11 Å². The van der Waals surface area contributed by atoms with Crippen molar-refractivity contribution >= 4 is 8.32 Å². The fourth-order valence-electron chi connectivity index (χ4n) is 5.87. The lowest BCUT2D eigenvalue weighted by atomic mass is 9.57. The first-order valence-electron chi connectivity index (χ1n) is 10.2.